The van der Waals surface area contributed by atoms with Gasteiger partial charge in [0.15, 0.2) is 6.04 Å². The Kier molecular flexibility index (Phi) is 9.10. The summed E-state index contributed by atoms with van der Waals surface area (Å²) >= 11 is 0. The molecule has 196 valence electrons. The smallest absolute Gasteiger partial charge is 0.355 e. The van der Waals surface area contributed by atoms with Crippen molar-refractivity contribution < 1.29 is 42.9 Å². The zero-order valence-corrected chi connectivity index (χ0v) is 21.7. The molecule has 1 aromatic carbocycles. The van der Waals surface area contributed by atoms with Crippen molar-refractivity contribution in [1.29, 1.82) is 0 Å². The summed E-state index contributed by atoms with van der Waals surface area (Å²) in [4.78, 5) is 53.8. The highest BCUT2D eigenvalue weighted by molar-refractivity contribution is 6.09. The molecule has 1 atom stereocenters. The maximum atomic E-state index is 13.2. The van der Waals surface area contributed by atoms with E-state index in [0.29, 0.717) is 11.3 Å². The van der Waals surface area contributed by atoms with Gasteiger partial charge in [0.25, 0.3) is 0 Å². The van der Waals surface area contributed by atoms with Gasteiger partial charge in [-0.1, -0.05) is 12.1 Å². The molecule has 0 saturated carbocycles. The number of nitrogens with one attached hydrogen (secondary N) is 1. The Labute approximate surface area is 210 Å². The lowest BCUT2D eigenvalue weighted by atomic mass is 9.89. The molecule has 0 saturated heterocycles. The van der Waals surface area contributed by atoms with E-state index in [9.17, 15) is 19.2 Å². The number of carbonyl (C=O) groups excluding carboxylic acids is 4. The van der Waals surface area contributed by atoms with Gasteiger partial charge < -0.3 is 33.9 Å². The molecule has 1 aliphatic rings. The fourth-order valence-corrected chi connectivity index (χ4v) is 3.72. The molecule has 0 fully saturated rings. The number of rotatable bonds is 8. The molecular formula is C25H32N2O9. The second kappa shape index (κ2) is 11.6. The summed E-state index contributed by atoms with van der Waals surface area (Å²) in [6, 6.07) is 5.35. The van der Waals surface area contributed by atoms with E-state index in [1.807, 2.05) is 0 Å². The number of hydrogen-bond acceptors (Lipinski definition) is 11. The fraction of sp³-hybridized carbons (Fsp3) is 0.440. The highest BCUT2D eigenvalue weighted by atomic mass is 16.5. The van der Waals surface area contributed by atoms with Crippen molar-refractivity contribution in [3.63, 3.8) is 0 Å². The lowest BCUT2D eigenvalue weighted by Crippen LogP contribution is -2.53. The van der Waals surface area contributed by atoms with Gasteiger partial charge in [-0.15, -0.1) is 0 Å². The predicted molar refractivity (Wildman–Crippen MR) is 127 cm³/mol. The van der Waals surface area contributed by atoms with E-state index in [0.717, 1.165) is 28.4 Å². The van der Waals surface area contributed by atoms with Crippen molar-refractivity contribution in [3.05, 3.63) is 52.4 Å². The molecule has 1 unspecified atom stereocenters. The van der Waals surface area contributed by atoms with Gasteiger partial charge >= 0.3 is 23.9 Å². The first kappa shape index (κ1) is 28.2. The minimum absolute atomic E-state index is 0.0853. The van der Waals surface area contributed by atoms with Crippen LogP contribution in [0.4, 0.5) is 0 Å². The molecular weight excluding hydrogens is 472 g/mol. The number of carbonyl (C=O) groups is 4. The van der Waals surface area contributed by atoms with E-state index in [-0.39, 0.29) is 29.1 Å². The van der Waals surface area contributed by atoms with E-state index in [2.05, 4.69) is 5.32 Å². The molecule has 1 heterocycles. The Hall–Kier alpha value is -4.02. The van der Waals surface area contributed by atoms with Gasteiger partial charge in [0.1, 0.15) is 17.0 Å². The number of ether oxygens (including phenoxy) is 5. The number of hydrogen-bond donors (Lipinski definition) is 1. The van der Waals surface area contributed by atoms with Crippen molar-refractivity contribution in [1.82, 2.24) is 10.2 Å². The highest BCUT2D eigenvalue weighted by Crippen LogP contribution is 2.36. The van der Waals surface area contributed by atoms with Gasteiger partial charge in [0.05, 0.1) is 46.8 Å². The third-order valence-electron chi connectivity index (χ3n) is 5.24. The Morgan fingerprint density at radius 1 is 0.833 bits per heavy atom. The second-order valence-corrected chi connectivity index (χ2v) is 8.76. The standard InChI is InChI=1S/C25H32N2O9/c1-25(2,3)26-18-16(21(28)33-5)19(23(30)35-7)27(13-14-9-11-15(32-4)12-10-14)20(24(31)36-8)17(18)22(29)34-6/h9-12,19,26H,13H2,1-8H3. The Morgan fingerprint density at radius 3 is 1.83 bits per heavy atom. The number of methoxy groups -OCH3 is 5. The third-order valence-corrected chi connectivity index (χ3v) is 5.24. The molecule has 0 radical (unpaired) electrons. The Bertz CT molecular complexity index is 1080. The van der Waals surface area contributed by atoms with Crippen molar-refractivity contribution in [2.24, 2.45) is 0 Å². The third kappa shape index (κ3) is 5.96. The van der Waals surface area contributed by atoms with E-state index in [1.54, 1.807) is 45.0 Å². The largest absolute Gasteiger partial charge is 0.497 e. The quantitative estimate of drug-likeness (QED) is 0.408. The first-order valence-corrected chi connectivity index (χ1v) is 10.9. The average molecular weight is 505 g/mol. The molecule has 0 spiro atoms. The van der Waals surface area contributed by atoms with Crippen molar-refractivity contribution in [2.75, 3.05) is 35.5 Å². The number of benzene rings is 1. The summed E-state index contributed by atoms with van der Waals surface area (Å²) in [5, 5.41) is 3.07. The molecule has 1 aliphatic heterocycles. The topological polar surface area (TPSA) is 130 Å². The van der Waals surface area contributed by atoms with Crippen molar-refractivity contribution in [2.45, 2.75) is 38.9 Å². The molecule has 0 amide bonds. The van der Waals surface area contributed by atoms with E-state index in [4.69, 9.17) is 23.7 Å². The van der Waals surface area contributed by atoms with Crippen LogP contribution < -0.4 is 10.1 Å². The van der Waals surface area contributed by atoms with Crippen LogP contribution in [-0.2, 0) is 44.7 Å². The van der Waals surface area contributed by atoms with Crippen LogP contribution in [-0.4, -0.2) is 75.9 Å². The molecule has 0 bridgehead atoms. The van der Waals surface area contributed by atoms with Gasteiger partial charge in [-0.3, -0.25) is 0 Å². The van der Waals surface area contributed by atoms with Crippen LogP contribution in [0.1, 0.15) is 26.3 Å². The first-order chi connectivity index (χ1) is 16.9. The maximum absolute atomic E-state index is 13.2. The number of esters is 4. The molecule has 2 rings (SSSR count). The Morgan fingerprint density at radius 2 is 1.39 bits per heavy atom. The molecule has 1 N–H and O–H groups in total. The van der Waals surface area contributed by atoms with Gasteiger partial charge in [-0.2, -0.15) is 0 Å². The van der Waals surface area contributed by atoms with Crippen molar-refractivity contribution >= 4 is 23.9 Å². The highest BCUT2D eigenvalue weighted by Gasteiger charge is 2.48. The summed E-state index contributed by atoms with van der Waals surface area (Å²) in [5.41, 5.74) is -0.965. The summed E-state index contributed by atoms with van der Waals surface area (Å²) < 4.78 is 25.2. The van der Waals surface area contributed by atoms with Crippen LogP contribution in [0.3, 0.4) is 0 Å². The monoisotopic (exact) mass is 504 g/mol. The normalized spacial score (nSPS) is 15.8. The molecule has 0 aliphatic carbocycles. The van der Waals surface area contributed by atoms with Crippen LogP contribution in [0, 0.1) is 0 Å². The number of nitrogens with zero attached hydrogens (tertiary/aromatic N) is 1. The predicted octanol–water partition coefficient (Wildman–Crippen LogP) is 1.47. The minimum atomic E-state index is -1.46. The summed E-state index contributed by atoms with van der Waals surface area (Å²) in [5.74, 6) is -3.01. The van der Waals surface area contributed by atoms with Gasteiger partial charge in [0.2, 0.25) is 0 Å². The van der Waals surface area contributed by atoms with Crippen molar-refractivity contribution in [3.8, 4) is 5.75 Å². The van der Waals surface area contributed by atoms with Crippen LogP contribution in [0.25, 0.3) is 0 Å². The summed E-state index contributed by atoms with van der Waals surface area (Å²) in [7, 11) is 6.09. The van der Waals surface area contributed by atoms with Crippen LogP contribution in [0.15, 0.2) is 46.8 Å². The second-order valence-electron chi connectivity index (χ2n) is 8.76. The molecule has 11 heteroatoms. The zero-order valence-electron chi connectivity index (χ0n) is 21.7. The molecule has 1 aromatic rings. The van der Waals surface area contributed by atoms with Crippen LogP contribution in [0.5, 0.6) is 5.75 Å². The van der Waals surface area contributed by atoms with E-state index >= 15 is 0 Å². The average Bonchev–Trinajstić information content (AvgIpc) is 2.86. The summed E-state index contributed by atoms with van der Waals surface area (Å²) in [6.45, 7) is 5.24. The minimum Gasteiger partial charge on any atom is -0.497 e. The fourth-order valence-electron chi connectivity index (χ4n) is 3.72. The Balaban J connectivity index is 2.98. The van der Waals surface area contributed by atoms with Gasteiger partial charge in [0, 0.05) is 12.1 Å². The summed E-state index contributed by atoms with van der Waals surface area (Å²) in [6.07, 6.45) is 0. The molecule has 11 nitrogen and oxygen atoms in total. The van der Waals surface area contributed by atoms with E-state index in [1.165, 1.54) is 12.0 Å². The zero-order chi connectivity index (χ0) is 27.2. The molecule has 36 heavy (non-hydrogen) atoms. The lowest BCUT2D eigenvalue weighted by Gasteiger charge is -2.40. The van der Waals surface area contributed by atoms with Gasteiger partial charge in [-0.25, -0.2) is 19.2 Å². The SMILES string of the molecule is COC(=O)C1=C(C(=O)OC)N(Cc2ccc(OC)cc2)C(C(=O)OC)C(C(=O)OC)=C1NC(C)(C)C. The first-order valence-electron chi connectivity index (χ1n) is 10.9. The van der Waals surface area contributed by atoms with Gasteiger partial charge in [-0.05, 0) is 38.5 Å². The van der Waals surface area contributed by atoms with Crippen LogP contribution >= 0.6 is 0 Å². The van der Waals surface area contributed by atoms with Crippen LogP contribution in [0.2, 0.25) is 0 Å². The van der Waals surface area contributed by atoms with E-state index < -0.39 is 35.5 Å². The maximum Gasteiger partial charge on any atom is 0.355 e. The lowest BCUT2D eigenvalue weighted by molar-refractivity contribution is -0.150. The molecule has 0 aromatic heterocycles.